The molecule has 0 bridgehead atoms. The molecule has 1 N–H and O–H groups in total. The Balaban J connectivity index is 2.19. The van der Waals surface area contributed by atoms with Crippen molar-refractivity contribution in [1.29, 1.82) is 0 Å². The van der Waals surface area contributed by atoms with E-state index in [9.17, 15) is 0 Å². The number of aliphatic hydroxyl groups is 1. The molecular weight excluding hydrogens is 218 g/mol. The van der Waals surface area contributed by atoms with Gasteiger partial charge in [-0.15, -0.1) is 10.2 Å². The van der Waals surface area contributed by atoms with Gasteiger partial charge in [-0.1, -0.05) is 0 Å². The summed E-state index contributed by atoms with van der Waals surface area (Å²) in [7, 11) is 1.85. The number of anilines is 1. The summed E-state index contributed by atoms with van der Waals surface area (Å²) in [6, 6.07) is 3.71. The van der Waals surface area contributed by atoms with Gasteiger partial charge in [0.05, 0.1) is 12.3 Å². The van der Waals surface area contributed by atoms with Crippen molar-refractivity contribution in [3.8, 4) is 11.3 Å². The standard InChI is InChI=1S/C11H13N5O/c1-16(4-5-17)11-3-2-10(14-15-11)9-6-12-8-13-7-9/h2-3,6-8,17H,4-5H2,1H3. The first-order chi connectivity index (χ1) is 8.31. The van der Waals surface area contributed by atoms with Gasteiger partial charge in [-0.3, -0.25) is 0 Å². The second kappa shape index (κ2) is 5.31. The second-order valence-corrected chi connectivity index (χ2v) is 3.55. The predicted molar refractivity (Wildman–Crippen MR) is 63.4 cm³/mol. The summed E-state index contributed by atoms with van der Waals surface area (Å²) in [5, 5.41) is 17.0. The van der Waals surface area contributed by atoms with Gasteiger partial charge in [0.2, 0.25) is 0 Å². The Bertz CT molecular complexity index is 459. The monoisotopic (exact) mass is 231 g/mol. The first kappa shape index (κ1) is 11.4. The third-order valence-corrected chi connectivity index (χ3v) is 2.33. The van der Waals surface area contributed by atoms with E-state index in [4.69, 9.17) is 5.11 Å². The minimum Gasteiger partial charge on any atom is -0.395 e. The Morgan fingerprint density at radius 3 is 2.53 bits per heavy atom. The molecule has 0 radical (unpaired) electrons. The van der Waals surface area contributed by atoms with Crippen LogP contribution in [0.1, 0.15) is 0 Å². The van der Waals surface area contributed by atoms with Crippen molar-refractivity contribution in [2.75, 3.05) is 25.1 Å². The maximum absolute atomic E-state index is 8.82. The van der Waals surface area contributed by atoms with E-state index >= 15 is 0 Å². The van der Waals surface area contributed by atoms with Crippen molar-refractivity contribution in [3.63, 3.8) is 0 Å². The fourth-order valence-corrected chi connectivity index (χ4v) is 1.38. The highest BCUT2D eigenvalue weighted by atomic mass is 16.3. The maximum Gasteiger partial charge on any atom is 0.151 e. The molecular formula is C11H13N5O. The molecule has 0 amide bonds. The topological polar surface area (TPSA) is 75.0 Å². The van der Waals surface area contributed by atoms with Crippen LogP contribution < -0.4 is 4.90 Å². The summed E-state index contributed by atoms with van der Waals surface area (Å²) in [6.45, 7) is 0.620. The van der Waals surface area contributed by atoms with Crippen molar-refractivity contribution in [2.45, 2.75) is 0 Å². The van der Waals surface area contributed by atoms with E-state index in [0.717, 1.165) is 17.1 Å². The van der Waals surface area contributed by atoms with Crippen LogP contribution in [0.15, 0.2) is 30.9 Å². The van der Waals surface area contributed by atoms with E-state index in [2.05, 4.69) is 20.2 Å². The number of aliphatic hydroxyl groups excluding tert-OH is 1. The maximum atomic E-state index is 8.82. The van der Waals surface area contributed by atoms with Gasteiger partial charge in [0, 0.05) is 31.5 Å². The molecule has 17 heavy (non-hydrogen) atoms. The lowest BCUT2D eigenvalue weighted by Crippen LogP contribution is -2.22. The third kappa shape index (κ3) is 2.73. The Hall–Kier alpha value is -2.08. The minimum atomic E-state index is 0.0897. The predicted octanol–water partition coefficient (Wildman–Crippen LogP) is 0.362. The molecule has 2 heterocycles. The van der Waals surface area contributed by atoms with Crippen molar-refractivity contribution >= 4 is 5.82 Å². The molecule has 88 valence electrons. The van der Waals surface area contributed by atoms with Gasteiger partial charge in [-0.05, 0) is 12.1 Å². The third-order valence-electron chi connectivity index (χ3n) is 2.33. The molecule has 0 fully saturated rings. The van der Waals surface area contributed by atoms with Gasteiger partial charge in [-0.25, -0.2) is 9.97 Å². The molecule has 0 aliphatic heterocycles. The Morgan fingerprint density at radius 2 is 1.94 bits per heavy atom. The van der Waals surface area contributed by atoms with Crippen LogP contribution in [0.4, 0.5) is 5.82 Å². The molecule has 0 aliphatic carbocycles. The van der Waals surface area contributed by atoms with E-state index in [-0.39, 0.29) is 6.61 Å². The van der Waals surface area contributed by atoms with Crippen LogP contribution in [0.25, 0.3) is 11.3 Å². The average molecular weight is 231 g/mol. The van der Waals surface area contributed by atoms with Crippen LogP contribution in [0.5, 0.6) is 0 Å². The van der Waals surface area contributed by atoms with Gasteiger partial charge >= 0.3 is 0 Å². The highest BCUT2D eigenvalue weighted by Gasteiger charge is 2.04. The van der Waals surface area contributed by atoms with Crippen LogP contribution in [-0.4, -0.2) is 45.5 Å². The fourth-order valence-electron chi connectivity index (χ4n) is 1.38. The van der Waals surface area contributed by atoms with Crippen LogP contribution in [0.3, 0.4) is 0 Å². The van der Waals surface area contributed by atoms with Crippen LogP contribution in [0, 0.1) is 0 Å². The van der Waals surface area contributed by atoms with E-state index in [1.54, 1.807) is 12.4 Å². The Labute approximate surface area is 99.0 Å². The molecule has 2 rings (SSSR count). The molecule has 0 aromatic carbocycles. The number of rotatable bonds is 4. The molecule has 2 aromatic rings. The lowest BCUT2D eigenvalue weighted by atomic mass is 10.2. The number of nitrogens with zero attached hydrogens (tertiary/aromatic N) is 5. The molecule has 0 saturated heterocycles. The van der Waals surface area contributed by atoms with E-state index < -0.39 is 0 Å². The fraction of sp³-hybridized carbons (Fsp3) is 0.273. The van der Waals surface area contributed by atoms with Gasteiger partial charge in [0.1, 0.15) is 6.33 Å². The van der Waals surface area contributed by atoms with Crippen molar-refractivity contribution in [2.24, 2.45) is 0 Å². The van der Waals surface area contributed by atoms with E-state index in [0.29, 0.717) is 6.54 Å². The largest absolute Gasteiger partial charge is 0.395 e. The molecule has 6 nitrogen and oxygen atoms in total. The second-order valence-electron chi connectivity index (χ2n) is 3.55. The summed E-state index contributed by atoms with van der Waals surface area (Å²) in [6.07, 6.45) is 4.85. The van der Waals surface area contributed by atoms with E-state index in [1.807, 2.05) is 24.1 Å². The molecule has 0 atom stereocenters. The molecule has 0 unspecified atom stereocenters. The van der Waals surface area contributed by atoms with Crippen LogP contribution >= 0.6 is 0 Å². The lowest BCUT2D eigenvalue weighted by molar-refractivity contribution is 0.303. The van der Waals surface area contributed by atoms with E-state index in [1.165, 1.54) is 6.33 Å². The molecule has 0 spiro atoms. The smallest absolute Gasteiger partial charge is 0.151 e. The molecule has 2 aromatic heterocycles. The SMILES string of the molecule is CN(CCO)c1ccc(-c2cncnc2)nn1. The Morgan fingerprint density at radius 1 is 1.18 bits per heavy atom. The lowest BCUT2D eigenvalue weighted by Gasteiger charge is -2.15. The Kier molecular flexibility index (Phi) is 3.56. The van der Waals surface area contributed by atoms with Gasteiger partial charge < -0.3 is 10.0 Å². The first-order valence-electron chi connectivity index (χ1n) is 5.22. The number of aromatic nitrogens is 4. The highest BCUT2D eigenvalue weighted by Crippen LogP contribution is 2.15. The zero-order valence-corrected chi connectivity index (χ0v) is 9.48. The average Bonchev–Trinajstić information content (AvgIpc) is 2.40. The summed E-state index contributed by atoms with van der Waals surface area (Å²) >= 11 is 0. The number of likely N-dealkylation sites (N-methyl/N-ethyl adjacent to an activating group) is 1. The number of hydrogen-bond acceptors (Lipinski definition) is 6. The minimum absolute atomic E-state index is 0.0897. The van der Waals surface area contributed by atoms with Gasteiger partial charge in [0.15, 0.2) is 5.82 Å². The van der Waals surface area contributed by atoms with Crippen LogP contribution in [-0.2, 0) is 0 Å². The summed E-state index contributed by atoms with van der Waals surface area (Å²) in [5.74, 6) is 0.722. The van der Waals surface area contributed by atoms with Crippen LogP contribution in [0.2, 0.25) is 0 Å². The first-order valence-corrected chi connectivity index (χ1v) is 5.22. The van der Waals surface area contributed by atoms with Crippen molar-refractivity contribution in [3.05, 3.63) is 30.9 Å². The molecule has 0 aliphatic rings. The quantitative estimate of drug-likeness (QED) is 0.819. The normalized spacial score (nSPS) is 10.2. The summed E-state index contributed by atoms with van der Waals surface area (Å²) in [5.41, 5.74) is 1.56. The zero-order chi connectivity index (χ0) is 12.1. The summed E-state index contributed by atoms with van der Waals surface area (Å²) < 4.78 is 0. The summed E-state index contributed by atoms with van der Waals surface area (Å²) in [4.78, 5) is 9.68. The van der Waals surface area contributed by atoms with Crippen molar-refractivity contribution in [1.82, 2.24) is 20.2 Å². The zero-order valence-electron chi connectivity index (χ0n) is 9.48. The highest BCUT2D eigenvalue weighted by molar-refractivity contribution is 5.57. The molecule has 0 saturated carbocycles. The van der Waals surface area contributed by atoms with Gasteiger partial charge in [-0.2, -0.15) is 0 Å². The molecule has 6 heteroatoms. The van der Waals surface area contributed by atoms with Gasteiger partial charge in [0.25, 0.3) is 0 Å². The number of hydrogen-bond donors (Lipinski definition) is 1. The van der Waals surface area contributed by atoms with Crippen molar-refractivity contribution < 1.29 is 5.11 Å².